The summed E-state index contributed by atoms with van der Waals surface area (Å²) in [6.07, 6.45) is 0.601. The van der Waals surface area contributed by atoms with Crippen molar-refractivity contribution in [2.24, 2.45) is 5.92 Å². The zero-order valence-corrected chi connectivity index (χ0v) is 17.3. The number of fused-ring (bicyclic) bond motifs is 1. The summed E-state index contributed by atoms with van der Waals surface area (Å²) in [4.78, 5) is 24.7. The number of hydrogen-bond acceptors (Lipinski definition) is 4. The number of halogens is 2. The number of carbonyl (C=O) groups is 2. The highest BCUT2D eigenvalue weighted by molar-refractivity contribution is 7.21. The highest BCUT2D eigenvalue weighted by Crippen LogP contribution is 2.48. The molecule has 0 radical (unpaired) electrons. The van der Waals surface area contributed by atoms with Crippen molar-refractivity contribution < 1.29 is 28.6 Å². The van der Waals surface area contributed by atoms with Crippen molar-refractivity contribution >= 4 is 33.2 Å². The van der Waals surface area contributed by atoms with Gasteiger partial charge in [0.15, 0.2) is 0 Å². The third-order valence-corrected chi connectivity index (χ3v) is 6.89. The van der Waals surface area contributed by atoms with Gasteiger partial charge in [-0.25, -0.2) is 8.78 Å². The Hall–Kier alpha value is -3.58. The molecule has 7 heteroatoms. The molecular formula is C25H16F2O4S. The maximum absolute atomic E-state index is 13.7. The SMILES string of the molecule is O=C(c1cc(F)cc(F)c1)c1sc2cc(O)ccc2c1-c1ccc(C2CC2C(=O)O)cc1. The summed E-state index contributed by atoms with van der Waals surface area (Å²) in [7, 11) is 0. The van der Waals surface area contributed by atoms with Gasteiger partial charge in [0.05, 0.1) is 10.8 Å². The van der Waals surface area contributed by atoms with E-state index in [1.54, 1.807) is 12.1 Å². The number of hydrogen-bond donors (Lipinski definition) is 2. The second-order valence-electron chi connectivity index (χ2n) is 7.88. The van der Waals surface area contributed by atoms with Gasteiger partial charge >= 0.3 is 5.97 Å². The zero-order valence-electron chi connectivity index (χ0n) is 16.5. The van der Waals surface area contributed by atoms with Crippen LogP contribution >= 0.6 is 11.3 Å². The van der Waals surface area contributed by atoms with Crippen LogP contribution < -0.4 is 0 Å². The molecule has 1 aromatic heterocycles. The Morgan fingerprint density at radius 1 is 0.938 bits per heavy atom. The van der Waals surface area contributed by atoms with Gasteiger partial charge in [0.25, 0.3) is 0 Å². The largest absolute Gasteiger partial charge is 0.508 e. The van der Waals surface area contributed by atoms with Crippen LogP contribution in [0.15, 0.2) is 60.7 Å². The van der Waals surface area contributed by atoms with E-state index in [0.717, 1.165) is 40.0 Å². The molecule has 2 N–H and O–H groups in total. The molecule has 5 rings (SSSR count). The van der Waals surface area contributed by atoms with E-state index in [9.17, 15) is 23.5 Å². The van der Waals surface area contributed by atoms with Gasteiger partial charge in [-0.1, -0.05) is 24.3 Å². The number of phenols is 1. The van der Waals surface area contributed by atoms with Crippen molar-refractivity contribution in [3.63, 3.8) is 0 Å². The van der Waals surface area contributed by atoms with E-state index in [1.807, 2.05) is 24.3 Å². The molecule has 1 aliphatic carbocycles. The molecule has 0 spiro atoms. The van der Waals surface area contributed by atoms with Crippen LogP contribution in [0.5, 0.6) is 5.75 Å². The Morgan fingerprint density at radius 2 is 1.62 bits per heavy atom. The predicted octanol–water partition coefficient (Wildman–Crippen LogP) is 5.97. The molecule has 0 amide bonds. The Kier molecular flexibility index (Phi) is 4.78. The fraction of sp³-hybridized carbons (Fsp3) is 0.120. The average molecular weight is 450 g/mol. The first-order valence-corrected chi connectivity index (χ1v) is 10.7. The molecule has 4 aromatic rings. The minimum absolute atomic E-state index is 0.0194. The van der Waals surface area contributed by atoms with E-state index in [2.05, 4.69) is 0 Å². The second kappa shape index (κ2) is 7.53. The molecule has 0 saturated heterocycles. The molecule has 0 bridgehead atoms. The lowest BCUT2D eigenvalue weighted by Gasteiger charge is -2.07. The van der Waals surface area contributed by atoms with Crippen LogP contribution in [0.2, 0.25) is 0 Å². The van der Waals surface area contributed by atoms with Crippen molar-refractivity contribution in [2.75, 3.05) is 0 Å². The van der Waals surface area contributed by atoms with E-state index in [1.165, 1.54) is 6.07 Å². The number of aromatic hydroxyl groups is 1. The van der Waals surface area contributed by atoms with Gasteiger partial charge in [0, 0.05) is 27.3 Å². The third-order valence-electron chi connectivity index (χ3n) is 5.74. The minimum Gasteiger partial charge on any atom is -0.508 e. The molecule has 0 aliphatic heterocycles. The first kappa shape index (κ1) is 20.3. The predicted molar refractivity (Wildman–Crippen MR) is 117 cm³/mol. The number of phenolic OH excluding ortho intramolecular Hbond substituents is 1. The van der Waals surface area contributed by atoms with Gasteiger partial charge in [-0.05, 0) is 53.8 Å². The number of benzene rings is 3. The molecule has 160 valence electrons. The monoisotopic (exact) mass is 450 g/mol. The highest BCUT2D eigenvalue weighted by atomic mass is 32.1. The molecule has 3 aromatic carbocycles. The fourth-order valence-corrected chi connectivity index (χ4v) is 5.30. The van der Waals surface area contributed by atoms with E-state index < -0.39 is 23.4 Å². The normalized spacial score (nSPS) is 17.4. The lowest BCUT2D eigenvalue weighted by atomic mass is 9.96. The summed E-state index contributed by atoms with van der Waals surface area (Å²) in [5, 5.41) is 19.8. The summed E-state index contributed by atoms with van der Waals surface area (Å²) in [5.41, 5.74) is 2.15. The summed E-state index contributed by atoms with van der Waals surface area (Å²) < 4.78 is 28.1. The van der Waals surface area contributed by atoms with Crippen LogP contribution in [0, 0.1) is 17.6 Å². The van der Waals surface area contributed by atoms with Crippen molar-refractivity contribution in [2.45, 2.75) is 12.3 Å². The Labute approximate surface area is 185 Å². The van der Waals surface area contributed by atoms with Gasteiger partial charge in [-0.15, -0.1) is 11.3 Å². The molecule has 1 fully saturated rings. The maximum atomic E-state index is 13.7. The lowest BCUT2D eigenvalue weighted by Crippen LogP contribution is -2.02. The topological polar surface area (TPSA) is 74.6 Å². The summed E-state index contributed by atoms with van der Waals surface area (Å²) >= 11 is 1.14. The molecular weight excluding hydrogens is 434 g/mol. The van der Waals surface area contributed by atoms with Crippen LogP contribution in [0.25, 0.3) is 21.2 Å². The first-order valence-electron chi connectivity index (χ1n) is 9.91. The van der Waals surface area contributed by atoms with E-state index in [-0.39, 0.29) is 23.1 Å². The second-order valence-corrected chi connectivity index (χ2v) is 8.94. The number of carboxylic acid groups (broad SMARTS) is 1. The molecule has 1 aliphatic rings. The number of carboxylic acids is 1. The van der Waals surface area contributed by atoms with Gasteiger partial charge in [0.1, 0.15) is 17.4 Å². The smallest absolute Gasteiger partial charge is 0.307 e. The summed E-state index contributed by atoms with van der Waals surface area (Å²) in [6.45, 7) is 0. The van der Waals surface area contributed by atoms with Gasteiger partial charge in [-0.2, -0.15) is 0 Å². The van der Waals surface area contributed by atoms with Crippen LogP contribution in [0.4, 0.5) is 8.78 Å². The zero-order chi connectivity index (χ0) is 22.6. The van der Waals surface area contributed by atoms with Gasteiger partial charge < -0.3 is 10.2 Å². The standard InChI is InChI=1S/C25H16F2O4S/c26-15-7-14(8-16(27)9-15)23(29)24-22(18-6-5-17(28)10-21(18)32-24)13-3-1-12(2-4-13)19-11-20(19)25(30)31/h1-10,19-20,28H,11H2,(H,30,31). The van der Waals surface area contributed by atoms with Crippen LogP contribution in [-0.2, 0) is 4.79 Å². The number of aliphatic carboxylic acids is 1. The number of carbonyl (C=O) groups excluding carboxylic acids is 1. The molecule has 1 saturated carbocycles. The minimum atomic E-state index is -0.838. The van der Waals surface area contributed by atoms with E-state index in [0.29, 0.717) is 27.6 Å². The van der Waals surface area contributed by atoms with Crippen molar-refractivity contribution in [1.82, 2.24) is 0 Å². The summed E-state index contributed by atoms with van der Waals surface area (Å²) in [5.74, 6) is -3.34. The third kappa shape index (κ3) is 3.54. The Balaban J connectivity index is 1.62. The number of ketones is 1. The number of thiophene rings is 1. The Bertz CT molecular complexity index is 1370. The van der Waals surface area contributed by atoms with E-state index in [4.69, 9.17) is 5.11 Å². The fourth-order valence-electron chi connectivity index (χ4n) is 4.08. The van der Waals surface area contributed by atoms with Crippen LogP contribution in [0.3, 0.4) is 0 Å². The highest BCUT2D eigenvalue weighted by Gasteiger charge is 2.44. The van der Waals surface area contributed by atoms with Gasteiger partial charge in [-0.3, -0.25) is 9.59 Å². The maximum Gasteiger partial charge on any atom is 0.307 e. The first-order chi connectivity index (χ1) is 15.3. The van der Waals surface area contributed by atoms with E-state index >= 15 is 0 Å². The van der Waals surface area contributed by atoms with Crippen molar-refractivity contribution in [3.8, 4) is 16.9 Å². The lowest BCUT2D eigenvalue weighted by molar-refractivity contribution is -0.138. The molecule has 1 heterocycles. The average Bonchev–Trinajstić information content (AvgIpc) is 3.47. The summed E-state index contributed by atoms with van der Waals surface area (Å²) in [6, 6.07) is 14.8. The molecule has 2 unspecified atom stereocenters. The molecule has 2 atom stereocenters. The van der Waals surface area contributed by atoms with Crippen molar-refractivity contribution in [1.29, 1.82) is 0 Å². The molecule has 4 nitrogen and oxygen atoms in total. The van der Waals surface area contributed by atoms with Crippen LogP contribution in [-0.4, -0.2) is 22.0 Å². The van der Waals surface area contributed by atoms with Gasteiger partial charge in [0.2, 0.25) is 5.78 Å². The quantitative estimate of drug-likeness (QED) is 0.367. The Morgan fingerprint density at radius 3 is 2.25 bits per heavy atom. The molecule has 32 heavy (non-hydrogen) atoms. The van der Waals surface area contributed by atoms with Crippen molar-refractivity contribution in [3.05, 3.63) is 88.3 Å². The van der Waals surface area contributed by atoms with Crippen LogP contribution in [0.1, 0.15) is 33.1 Å². The number of rotatable bonds is 5.